The van der Waals surface area contributed by atoms with Gasteiger partial charge in [0.15, 0.2) is 25.2 Å². The molecule has 0 fully saturated rings. The lowest BCUT2D eigenvalue weighted by molar-refractivity contribution is -0.188. The fraction of sp³-hybridized carbons (Fsp3) is 0.933. The summed E-state index contributed by atoms with van der Waals surface area (Å²) in [6, 6.07) is 0. The van der Waals surface area contributed by atoms with Crippen LogP contribution in [0.2, 0.25) is 0 Å². The first kappa shape index (κ1) is 66.2. The predicted molar refractivity (Wildman–Crippen MR) is 289 cm³/mol. The average molecular weight is 952 g/mol. The summed E-state index contributed by atoms with van der Waals surface area (Å²) >= 11 is 0. The zero-order valence-electron chi connectivity index (χ0n) is 46.0. The molecule has 0 aromatic rings. The minimum atomic E-state index is -0.396. The highest BCUT2D eigenvalue weighted by molar-refractivity contribution is 4.89. The van der Waals surface area contributed by atoms with Crippen LogP contribution in [0.3, 0.4) is 0 Å². The van der Waals surface area contributed by atoms with Crippen molar-refractivity contribution in [1.82, 2.24) is 0 Å². The number of unbranched alkanes of at least 4 members (excludes halogenated alkanes) is 34. The highest BCUT2D eigenvalue weighted by atomic mass is 16.8. The van der Waals surface area contributed by atoms with Crippen LogP contribution in [-0.4, -0.2) is 65.8 Å². The van der Waals surface area contributed by atoms with Gasteiger partial charge in [-0.2, -0.15) is 0 Å². The second kappa shape index (κ2) is 57.8. The monoisotopic (exact) mass is 951 g/mol. The van der Waals surface area contributed by atoms with Crippen molar-refractivity contribution in [2.75, 3.05) is 40.6 Å². The molecule has 0 heterocycles. The fourth-order valence-corrected chi connectivity index (χ4v) is 8.64. The third-order valence-corrected chi connectivity index (χ3v) is 13.1. The summed E-state index contributed by atoms with van der Waals surface area (Å²) in [6.07, 6.45) is 60.9. The molecule has 0 bridgehead atoms. The van der Waals surface area contributed by atoms with Gasteiger partial charge in [0.1, 0.15) is 0 Å². The molecule has 0 saturated heterocycles. The molecule has 0 aliphatic heterocycles. The molecule has 0 radical (unpaired) electrons. The van der Waals surface area contributed by atoms with Crippen LogP contribution in [0.5, 0.6) is 0 Å². The summed E-state index contributed by atoms with van der Waals surface area (Å²) in [4.78, 5) is 0. The van der Waals surface area contributed by atoms with E-state index in [-0.39, 0.29) is 12.6 Å². The maximum atomic E-state index is 6.20. The van der Waals surface area contributed by atoms with Crippen molar-refractivity contribution in [2.24, 2.45) is 0 Å². The smallest absolute Gasteiger partial charge is 0.179 e. The maximum Gasteiger partial charge on any atom is 0.179 e. The SMILES string of the molecule is CCCCCCCOC(CCCCCCCCCCCC=CC(OC)OC(C=CCCCCCCCCCCCC(OCCCCCCC)OCCCCCCC)OC)OCCCCCCC. The molecule has 2 atom stereocenters. The fourth-order valence-electron chi connectivity index (χ4n) is 8.64. The number of hydrogen-bond donors (Lipinski definition) is 0. The van der Waals surface area contributed by atoms with Crippen LogP contribution in [0.1, 0.15) is 297 Å². The Labute approximate surface area is 419 Å². The molecular weight excluding hydrogens is 833 g/mol. The lowest BCUT2D eigenvalue weighted by Gasteiger charge is -2.19. The predicted octanol–water partition coefficient (Wildman–Crippen LogP) is 19.2. The van der Waals surface area contributed by atoms with E-state index >= 15 is 0 Å². The van der Waals surface area contributed by atoms with Crippen molar-refractivity contribution >= 4 is 0 Å². The number of hydrogen-bond acceptors (Lipinski definition) is 7. The summed E-state index contributed by atoms with van der Waals surface area (Å²) < 4.78 is 42.1. The highest BCUT2D eigenvalue weighted by Gasteiger charge is 2.12. The van der Waals surface area contributed by atoms with Crippen LogP contribution < -0.4 is 0 Å². The Kier molecular flexibility index (Phi) is 57.1. The molecule has 7 nitrogen and oxygen atoms in total. The Morgan fingerprint density at radius 2 is 0.522 bits per heavy atom. The molecule has 0 aromatic carbocycles. The average Bonchev–Trinajstić information content (AvgIpc) is 3.34. The van der Waals surface area contributed by atoms with E-state index in [4.69, 9.17) is 33.2 Å². The van der Waals surface area contributed by atoms with Crippen molar-refractivity contribution < 1.29 is 33.2 Å². The van der Waals surface area contributed by atoms with E-state index in [9.17, 15) is 0 Å². The van der Waals surface area contributed by atoms with Gasteiger partial charge in [-0.15, -0.1) is 0 Å². The molecule has 0 N–H and O–H groups in total. The molecule has 67 heavy (non-hydrogen) atoms. The van der Waals surface area contributed by atoms with Gasteiger partial charge >= 0.3 is 0 Å². The molecule has 0 aromatic heterocycles. The Balaban J connectivity index is 4.00. The Morgan fingerprint density at radius 1 is 0.284 bits per heavy atom. The van der Waals surface area contributed by atoms with Crippen LogP contribution in [-0.2, 0) is 33.2 Å². The van der Waals surface area contributed by atoms with Gasteiger partial charge in [0, 0.05) is 40.6 Å². The van der Waals surface area contributed by atoms with Gasteiger partial charge in [-0.1, -0.05) is 232 Å². The van der Waals surface area contributed by atoms with Crippen molar-refractivity contribution in [2.45, 2.75) is 323 Å². The first-order valence-corrected chi connectivity index (χ1v) is 29.7. The quantitative estimate of drug-likeness (QED) is 0.0342. The first-order chi connectivity index (χ1) is 33.1. The molecule has 0 aliphatic carbocycles. The van der Waals surface area contributed by atoms with Crippen LogP contribution in [0.4, 0.5) is 0 Å². The summed E-state index contributed by atoms with van der Waals surface area (Å²) in [5.74, 6) is 0. The largest absolute Gasteiger partial charge is 0.353 e. The summed E-state index contributed by atoms with van der Waals surface area (Å²) in [6.45, 7) is 12.5. The third-order valence-electron chi connectivity index (χ3n) is 13.1. The second-order valence-electron chi connectivity index (χ2n) is 19.7. The van der Waals surface area contributed by atoms with E-state index < -0.39 is 12.6 Å². The molecule has 400 valence electrons. The van der Waals surface area contributed by atoms with Crippen LogP contribution >= 0.6 is 0 Å². The van der Waals surface area contributed by atoms with Gasteiger partial charge in [-0.25, -0.2) is 0 Å². The van der Waals surface area contributed by atoms with Gasteiger partial charge in [0.05, 0.1) is 0 Å². The van der Waals surface area contributed by atoms with Gasteiger partial charge in [0.25, 0.3) is 0 Å². The van der Waals surface area contributed by atoms with Crippen molar-refractivity contribution in [3.05, 3.63) is 24.3 Å². The van der Waals surface area contributed by atoms with E-state index in [0.29, 0.717) is 0 Å². The van der Waals surface area contributed by atoms with Gasteiger partial charge < -0.3 is 33.2 Å². The number of allylic oxidation sites excluding steroid dienone is 2. The molecule has 0 rings (SSSR count). The molecule has 0 aliphatic rings. The summed E-state index contributed by atoms with van der Waals surface area (Å²) in [7, 11) is 3.40. The summed E-state index contributed by atoms with van der Waals surface area (Å²) in [5, 5.41) is 0. The zero-order valence-corrected chi connectivity index (χ0v) is 46.0. The maximum absolute atomic E-state index is 6.20. The Hall–Kier alpha value is -0.800. The van der Waals surface area contributed by atoms with Crippen LogP contribution in [0, 0.1) is 0 Å². The Bertz CT molecular complexity index is 853. The molecule has 2 unspecified atom stereocenters. The van der Waals surface area contributed by atoms with E-state index in [1.54, 1.807) is 14.2 Å². The Morgan fingerprint density at radius 3 is 0.791 bits per heavy atom. The van der Waals surface area contributed by atoms with Crippen LogP contribution in [0.15, 0.2) is 24.3 Å². The minimum absolute atomic E-state index is 0.00190. The van der Waals surface area contributed by atoms with Crippen molar-refractivity contribution in [1.29, 1.82) is 0 Å². The number of ether oxygens (including phenoxy) is 7. The molecule has 0 saturated carbocycles. The van der Waals surface area contributed by atoms with Gasteiger partial charge in [-0.3, -0.25) is 0 Å². The standard InChI is InChI=1S/C60H118O7/c1-7-11-15-37-45-53-63-59(64-54-46-38-16-12-8-2)51-43-35-31-27-23-19-21-25-29-33-41-49-57(61-5)67-58(62-6)50-42-34-30-26-22-20-24-28-32-36-44-52-60(65-55-47-39-17-13-9-3)66-56-48-40-18-14-10-4/h41-42,49-50,57-60H,7-40,43-48,51-56H2,1-6H3. The number of rotatable bonds is 58. The van der Waals surface area contributed by atoms with E-state index in [1.165, 1.54) is 218 Å². The van der Waals surface area contributed by atoms with Gasteiger partial charge in [0.2, 0.25) is 0 Å². The minimum Gasteiger partial charge on any atom is -0.353 e. The molecule has 0 spiro atoms. The number of methoxy groups -OCH3 is 2. The molecule has 0 amide bonds. The van der Waals surface area contributed by atoms with E-state index in [0.717, 1.165) is 77.8 Å². The van der Waals surface area contributed by atoms with Crippen LogP contribution in [0.25, 0.3) is 0 Å². The molecule has 7 heteroatoms. The first-order valence-electron chi connectivity index (χ1n) is 29.7. The highest BCUT2D eigenvalue weighted by Crippen LogP contribution is 2.18. The van der Waals surface area contributed by atoms with E-state index in [2.05, 4.69) is 39.8 Å². The second-order valence-corrected chi connectivity index (χ2v) is 19.7. The molecular formula is C60H118O7. The lowest BCUT2D eigenvalue weighted by atomic mass is 10.1. The van der Waals surface area contributed by atoms with Crippen molar-refractivity contribution in [3.63, 3.8) is 0 Å². The lowest BCUT2D eigenvalue weighted by Crippen LogP contribution is -2.22. The van der Waals surface area contributed by atoms with Crippen molar-refractivity contribution in [3.8, 4) is 0 Å². The van der Waals surface area contributed by atoms with Gasteiger partial charge in [-0.05, 0) is 89.2 Å². The summed E-state index contributed by atoms with van der Waals surface area (Å²) in [5.41, 5.74) is 0. The third kappa shape index (κ3) is 51.4. The normalized spacial score (nSPS) is 13.1. The topological polar surface area (TPSA) is 64.6 Å². The zero-order chi connectivity index (χ0) is 48.6. The van der Waals surface area contributed by atoms with E-state index in [1.807, 2.05) is 12.2 Å².